The van der Waals surface area contributed by atoms with Crippen LogP contribution in [-0.4, -0.2) is 11.0 Å². The summed E-state index contributed by atoms with van der Waals surface area (Å²) in [5, 5.41) is 0.463. The first-order valence-electron chi connectivity index (χ1n) is 2.71. The zero-order valence-corrected chi connectivity index (χ0v) is 6.67. The minimum atomic E-state index is 0.463. The molecule has 0 unspecified atom stereocenters. The van der Waals surface area contributed by atoms with Crippen LogP contribution in [0.1, 0.15) is 12.8 Å². The number of rotatable bonds is 4. The third-order valence-electron chi connectivity index (χ3n) is 0.901. The Hall–Kier alpha value is 0.440. The molecule has 0 aliphatic rings. The van der Waals surface area contributed by atoms with E-state index >= 15 is 0 Å². The minimum Gasteiger partial charge on any atom is -0.179 e. The van der Waals surface area contributed by atoms with Gasteiger partial charge in [0.25, 0.3) is 0 Å². The van der Waals surface area contributed by atoms with E-state index in [1.807, 2.05) is 6.08 Å². The molecule has 0 heterocycles. The van der Waals surface area contributed by atoms with Crippen molar-refractivity contribution in [3.63, 3.8) is 0 Å². The van der Waals surface area contributed by atoms with Crippen LogP contribution >= 0.6 is 25.3 Å². The van der Waals surface area contributed by atoms with Gasteiger partial charge in [-0.1, -0.05) is 6.08 Å². The van der Waals surface area contributed by atoms with Crippen molar-refractivity contribution in [2.24, 2.45) is 0 Å². The maximum atomic E-state index is 4.27. The highest BCUT2D eigenvalue weighted by molar-refractivity contribution is 7.81. The monoisotopic (exact) mass is 148 g/mol. The maximum Gasteiger partial charge on any atom is 0.00589 e. The first kappa shape index (κ1) is 8.44. The standard InChI is InChI=1S/C6H12S2/c1-2-3-6(8)4-5-7/h2,6-8H,1,3-5H2/t6-/m1/s1. The summed E-state index contributed by atoms with van der Waals surface area (Å²) in [6.45, 7) is 3.61. The fraction of sp³-hybridized carbons (Fsp3) is 0.667. The molecule has 0 aromatic rings. The largest absolute Gasteiger partial charge is 0.179 e. The van der Waals surface area contributed by atoms with E-state index in [4.69, 9.17) is 0 Å². The lowest BCUT2D eigenvalue weighted by molar-refractivity contribution is 0.854. The van der Waals surface area contributed by atoms with Crippen LogP contribution in [0.25, 0.3) is 0 Å². The van der Waals surface area contributed by atoms with Gasteiger partial charge in [-0.2, -0.15) is 25.3 Å². The molecule has 48 valence electrons. The zero-order valence-electron chi connectivity index (χ0n) is 4.88. The lowest BCUT2D eigenvalue weighted by Gasteiger charge is -2.02. The molecular formula is C6H12S2. The summed E-state index contributed by atoms with van der Waals surface area (Å²) < 4.78 is 0. The molecule has 0 radical (unpaired) electrons. The lowest BCUT2D eigenvalue weighted by atomic mass is 10.2. The first-order valence-corrected chi connectivity index (χ1v) is 3.86. The van der Waals surface area contributed by atoms with E-state index in [9.17, 15) is 0 Å². The van der Waals surface area contributed by atoms with Gasteiger partial charge in [-0.15, -0.1) is 6.58 Å². The van der Waals surface area contributed by atoms with Gasteiger partial charge in [0.1, 0.15) is 0 Å². The van der Waals surface area contributed by atoms with Crippen LogP contribution in [0.2, 0.25) is 0 Å². The van der Waals surface area contributed by atoms with Gasteiger partial charge in [-0.25, -0.2) is 0 Å². The summed E-state index contributed by atoms with van der Waals surface area (Å²) in [4.78, 5) is 0. The molecule has 0 N–H and O–H groups in total. The average Bonchev–Trinajstić information content (AvgIpc) is 1.68. The zero-order chi connectivity index (χ0) is 6.41. The van der Waals surface area contributed by atoms with Crippen LogP contribution in [0, 0.1) is 0 Å². The van der Waals surface area contributed by atoms with E-state index in [2.05, 4.69) is 31.8 Å². The molecule has 0 aromatic heterocycles. The topological polar surface area (TPSA) is 0 Å². The Balaban J connectivity index is 3.03. The molecule has 0 spiro atoms. The predicted molar refractivity (Wildman–Crippen MR) is 46.1 cm³/mol. The summed E-state index contributed by atoms with van der Waals surface area (Å²) in [6.07, 6.45) is 3.95. The fourth-order valence-electron chi connectivity index (χ4n) is 0.459. The SMILES string of the molecule is C=CC[C@@H](S)CCS. The van der Waals surface area contributed by atoms with Crippen molar-refractivity contribution < 1.29 is 0 Å². The van der Waals surface area contributed by atoms with Crippen molar-refractivity contribution in [1.29, 1.82) is 0 Å². The van der Waals surface area contributed by atoms with Crippen molar-refractivity contribution in [1.82, 2.24) is 0 Å². The molecule has 0 rings (SSSR count). The van der Waals surface area contributed by atoms with Crippen molar-refractivity contribution in [2.45, 2.75) is 18.1 Å². The van der Waals surface area contributed by atoms with Gasteiger partial charge in [-0.3, -0.25) is 0 Å². The highest BCUT2D eigenvalue weighted by Crippen LogP contribution is 2.06. The second-order valence-electron chi connectivity index (χ2n) is 1.69. The van der Waals surface area contributed by atoms with E-state index < -0.39 is 0 Å². The van der Waals surface area contributed by atoms with Gasteiger partial charge in [0.05, 0.1) is 0 Å². The molecule has 0 amide bonds. The van der Waals surface area contributed by atoms with Gasteiger partial charge >= 0.3 is 0 Å². The van der Waals surface area contributed by atoms with Crippen LogP contribution in [0.15, 0.2) is 12.7 Å². The summed E-state index contributed by atoms with van der Waals surface area (Å²) >= 11 is 8.34. The van der Waals surface area contributed by atoms with Crippen molar-refractivity contribution in [3.05, 3.63) is 12.7 Å². The quantitative estimate of drug-likeness (QED) is 0.443. The summed E-state index contributed by atoms with van der Waals surface area (Å²) in [6, 6.07) is 0. The predicted octanol–water partition coefficient (Wildman–Crippen LogP) is 2.18. The molecule has 1 atom stereocenters. The molecule has 0 saturated carbocycles. The molecule has 0 fully saturated rings. The Morgan fingerprint density at radius 3 is 2.62 bits per heavy atom. The van der Waals surface area contributed by atoms with Crippen molar-refractivity contribution in [3.8, 4) is 0 Å². The highest BCUT2D eigenvalue weighted by Gasteiger charge is 1.95. The van der Waals surface area contributed by atoms with E-state index in [1.54, 1.807) is 0 Å². The van der Waals surface area contributed by atoms with Gasteiger partial charge in [0.2, 0.25) is 0 Å². The van der Waals surface area contributed by atoms with E-state index in [0.717, 1.165) is 18.6 Å². The summed E-state index contributed by atoms with van der Waals surface area (Å²) in [7, 11) is 0. The molecule has 0 aliphatic carbocycles. The highest BCUT2D eigenvalue weighted by atomic mass is 32.1. The lowest BCUT2D eigenvalue weighted by Crippen LogP contribution is -1.96. The van der Waals surface area contributed by atoms with E-state index in [0.29, 0.717) is 5.25 Å². The van der Waals surface area contributed by atoms with Crippen LogP contribution in [0.4, 0.5) is 0 Å². The summed E-state index contributed by atoms with van der Waals surface area (Å²) in [5.74, 6) is 0.919. The molecule has 0 aliphatic heterocycles. The van der Waals surface area contributed by atoms with Gasteiger partial charge in [0, 0.05) is 5.25 Å². The van der Waals surface area contributed by atoms with Gasteiger partial charge < -0.3 is 0 Å². The average molecular weight is 148 g/mol. The minimum absolute atomic E-state index is 0.463. The second kappa shape index (κ2) is 5.57. The Labute approximate surface area is 62.2 Å². The van der Waals surface area contributed by atoms with E-state index in [-0.39, 0.29) is 0 Å². The van der Waals surface area contributed by atoms with Crippen LogP contribution in [-0.2, 0) is 0 Å². The Kier molecular flexibility index (Phi) is 5.88. The first-order chi connectivity index (χ1) is 3.81. The van der Waals surface area contributed by atoms with Gasteiger partial charge in [0.15, 0.2) is 0 Å². The van der Waals surface area contributed by atoms with Crippen LogP contribution < -0.4 is 0 Å². The molecule has 8 heavy (non-hydrogen) atoms. The van der Waals surface area contributed by atoms with E-state index in [1.165, 1.54) is 0 Å². The normalized spacial score (nSPS) is 13.2. The molecule has 0 saturated heterocycles. The smallest absolute Gasteiger partial charge is 0.00589 e. The molecule has 2 heteroatoms. The Bertz CT molecular complexity index is 61.5. The third kappa shape index (κ3) is 4.60. The fourth-order valence-corrected chi connectivity index (χ4v) is 1.25. The maximum absolute atomic E-state index is 4.27. The van der Waals surface area contributed by atoms with Crippen LogP contribution in [0.5, 0.6) is 0 Å². The second-order valence-corrected chi connectivity index (χ2v) is 2.87. The Morgan fingerprint density at radius 1 is 1.62 bits per heavy atom. The molecule has 0 bridgehead atoms. The van der Waals surface area contributed by atoms with Crippen molar-refractivity contribution in [2.75, 3.05) is 5.75 Å². The molecule has 0 aromatic carbocycles. The Morgan fingerprint density at radius 2 is 2.25 bits per heavy atom. The van der Waals surface area contributed by atoms with Crippen molar-refractivity contribution >= 4 is 25.3 Å². The number of hydrogen-bond donors (Lipinski definition) is 2. The summed E-state index contributed by atoms with van der Waals surface area (Å²) in [5.41, 5.74) is 0. The number of thiol groups is 2. The third-order valence-corrected chi connectivity index (χ3v) is 1.63. The molecular weight excluding hydrogens is 136 g/mol. The van der Waals surface area contributed by atoms with Gasteiger partial charge in [-0.05, 0) is 18.6 Å². The molecule has 0 nitrogen and oxygen atoms in total. The van der Waals surface area contributed by atoms with Crippen LogP contribution in [0.3, 0.4) is 0 Å². The number of hydrogen-bond acceptors (Lipinski definition) is 2. The number of allylic oxidation sites excluding steroid dienone is 1.